The fourth-order valence-corrected chi connectivity index (χ4v) is 2.48. The lowest BCUT2D eigenvalue weighted by atomic mass is 10.1. The van der Waals surface area contributed by atoms with Crippen molar-refractivity contribution in [1.29, 1.82) is 0 Å². The zero-order chi connectivity index (χ0) is 10.3. The number of aryl methyl sites for hydroxylation is 1. The van der Waals surface area contributed by atoms with E-state index in [0.29, 0.717) is 0 Å². The largest absolute Gasteiger partial charge is 0.358 e. The molecule has 2 aromatic rings. The Morgan fingerprint density at radius 2 is 2.00 bits per heavy atom. The predicted molar refractivity (Wildman–Crippen MR) is 63.3 cm³/mol. The zero-order valence-corrected chi connectivity index (χ0v) is 9.06. The van der Waals surface area contributed by atoms with E-state index in [1.807, 2.05) is 0 Å². The molecular formula is C13H16N2. The lowest BCUT2D eigenvalue weighted by molar-refractivity contribution is 0.708. The highest BCUT2D eigenvalue weighted by molar-refractivity contribution is 5.85. The van der Waals surface area contributed by atoms with Crippen molar-refractivity contribution in [2.24, 2.45) is 0 Å². The summed E-state index contributed by atoms with van der Waals surface area (Å²) in [7, 11) is 0. The Balaban J connectivity index is 2.23. The highest BCUT2D eigenvalue weighted by Crippen LogP contribution is 2.25. The molecule has 1 aromatic carbocycles. The number of H-pyrrole nitrogens is 1. The number of nitrogens with one attached hydrogen (secondary N) is 2. The molecule has 1 aromatic heterocycles. The topological polar surface area (TPSA) is 27.8 Å². The first-order valence-electron chi connectivity index (χ1n) is 5.65. The van der Waals surface area contributed by atoms with Crippen LogP contribution in [0.5, 0.6) is 0 Å². The SMILES string of the molecule is Cc1ccc2c3c([nH]c2c1)CCNCC3. The minimum absolute atomic E-state index is 1.10. The van der Waals surface area contributed by atoms with Crippen LogP contribution in [0.3, 0.4) is 0 Å². The van der Waals surface area contributed by atoms with E-state index < -0.39 is 0 Å². The maximum absolute atomic E-state index is 3.56. The molecule has 0 saturated carbocycles. The summed E-state index contributed by atoms with van der Waals surface area (Å²) >= 11 is 0. The molecule has 0 bridgehead atoms. The van der Waals surface area contributed by atoms with Crippen LogP contribution in [0.2, 0.25) is 0 Å². The summed E-state index contributed by atoms with van der Waals surface area (Å²) in [5, 5.41) is 4.85. The average molecular weight is 200 g/mol. The molecule has 15 heavy (non-hydrogen) atoms. The van der Waals surface area contributed by atoms with Gasteiger partial charge in [0.15, 0.2) is 0 Å². The second-order valence-electron chi connectivity index (χ2n) is 4.38. The highest BCUT2D eigenvalue weighted by atomic mass is 14.9. The fourth-order valence-electron chi connectivity index (χ4n) is 2.48. The Hall–Kier alpha value is -1.28. The van der Waals surface area contributed by atoms with Crippen LogP contribution >= 0.6 is 0 Å². The number of benzene rings is 1. The molecule has 3 rings (SSSR count). The summed E-state index contributed by atoms with van der Waals surface area (Å²) in [5.74, 6) is 0. The van der Waals surface area contributed by atoms with E-state index in [-0.39, 0.29) is 0 Å². The van der Waals surface area contributed by atoms with E-state index >= 15 is 0 Å². The molecule has 0 unspecified atom stereocenters. The molecule has 0 fully saturated rings. The van der Waals surface area contributed by atoms with Gasteiger partial charge < -0.3 is 10.3 Å². The minimum Gasteiger partial charge on any atom is -0.358 e. The molecule has 1 aliphatic heterocycles. The Morgan fingerprint density at radius 1 is 1.13 bits per heavy atom. The molecule has 2 N–H and O–H groups in total. The van der Waals surface area contributed by atoms with Crippen LogP contribution in [0.4, 0.5) is 0 Å². The smallest absolute Gasteiger partial charge is 0.0461 e. The van der Waals surface area contributed by atoms with Gasteiger partial charge in [-0.2, -0.15) is 0 Å². The number of aromatic amines is 1. The molecule has 0 atom stereocenters. The maximum Gasteiger partial charge on any atom is 0.0461 e. The van der Waals surface area contributed by atoms with Crippen molar-refractivity contribution in [3.63, 3.8) is 0 Å². The van der Waals surface area contributed by atoms with Crippen LogP contribution in [-0.4, -0.2) is 18.1 Å². The van der Waals surface area contributed by atoms with Gasteiger partial charge in [0.2, 0.25) is 0 Å². The van der Waals surface area contributed by atoms with E-state index in [4.69, 9.17) is 0 Å². The van der Waals surface area contributed by atoms with Crippen molar-refractivity contribution in [2.75, 3.05) is 13.1 Å². The normalized spacial score (nSPS) is 16.3. The van der Waals surface area contributed by atoms with Crippen molar-refractivity contribution in [3.8, 4) is 0 Å². The summed E-state index contributed by atoms with van der Waals surface area (Å²) in [5.41, 5.74) is 5.59. The van der Waals surface area contributed by atoms with E-state index in [1.165, 1.54) is 27.7 Å². The van der Waals surface area contributed by atoms with Gasteiger partial charge in [0, 0.05) is 29.6 Å². The van der Waals surface area contributed by atoms with Gasteiger partial charge in [0.25, 0.3) is 0 Å². The number of aromatic nitrogens is 1. The molecule has 2 heteroatoms. The van der Waals surface area contributed by atoms with Gasteiger partial charge in [0.1, 0.15) is 0 Å². The van der Waals surface area contributed by atoms with Crippen molar-refractivity contribution in [1.82, 2.24) is 10.3 Å². The first-order chi connectivity index (χ1) is 7.34. The van der Waals surface area contributed by atoms with E-state index in [1.54, 1.807) is 0 Å². The average Bonchev–Trinajstić information content (AvgIpc) is 2.42. The van der Waals surface area contributed by atoms with Crippen molar-refractivity contribution in [3.05, 3.63) is 35.0 Å². The third-order valence-electron chi connectivity index (χ3n) is 3.25. The second kappa shape index (κ2) is 3.38. The lowest BCUT2D eigenvalue weighted by Gasteiger charge is -1.98. The molecule has 2 nitrogen and oxygen atoms in total. The lowest BCUT2D eigenvalue weighted by Crippen LogP contribution is -2.16. The first-order valence-corrected chi connectivity index (χ1v) is 5.65. The molecule has 0 spiro atoms. The summed E-state index contributed by atoms with van der Waals surface area (Å²) in [6, 6.07) is 6.71. The van der Waals surface area contributed by atoms with Crippen LogP contribution in [0, 0.1) is 6.92 Å². The van der Waals surface area contributed by atoms with Gasteiger partial charge >= 0.3 is 0 Å². The minimum atomic E-state index is 1.10. The standard InChI is InChI=1S/C13H16N2/c1-9-2-3-10-11-4-6-14-7-5-12(11)15-13(10)8-9/h2-3,8,14-15H,4-7H2,1H3. The summed E-state index contributed by atoms with van der Waals surface area (Å²) in [4.78, 5) is 3.56. The van der Waals surface area contributed by atoms with Crippen LogP contribution in [0.1, 0.15) is 16.8 Å². The van der Waals surface area contributed by atoms with Gasteiger partial charge in [-0.1, -0.05) is 12.1 Å². The number of rotatable bonds is 0. The van der Waals surface area contributed by atoms with Gasteiger partial charge in [-0.05, 0) is 37.1 Å². The summed E-state index contributed by atoms with van der Waals surface area (Å²) in [6.45, 7) is 4.35. The van der Waals surface area contributed by atoms with E-state index in [2.05, 4.69) is 35.4 Å². The number of hydrogen-bond donors (Lipinski definition) is 2. The molecule has 0 aliphatic carbocycles. The first kappa shape index (κ1) is 8.98. The van der Waals surface area contributed by atoms with E-state index in [9.17, 15) is 0 Å². The predicted octanol–water partition coefficient (Wildman–Crippen LogP) is 2.16. The molecular weight excluding hydrogens is 184 g/mol. The fraction of sp³-hybridized carbons (Fsp3) is 0.385. The van der Waals surface area contributed by atoms with E-state index in [0.717, 1.165) is 25.9 Å². The molecule has 0 saturated heterocycles. The van der Waals surface area contributed by atoms with Crippen molar-refractivity contribution in [2.45, 2.75) is 19.8 Å². The Kier molecular flexibility index (Phi) is 2.03. The quantitative estimate of drug-likeness (QED) is 0.670. The van der Waals surface area contributed by atoms with Gasteiger partial charge in [-0.25, -0.2) is 0 Å². The summed E-state index contributed by atoms with van der Waals surface area (Å²) < 4.78 is 0. The van der Waals surface area contributed by atoms with Gasteiger partial charge in [0.05, 0.1) is 0 Å². The third-order valence-corrected chi connectivity index (χ3v) is 3.25. The maximum atomic E-state index is 3.56. The van der Waals surface area contributed by atoms with Crippen LogP contribution in [-0.2, 0) is 12.8 Å². The molecule has 0 amide bonds. The monoisotopic (exact) mass is 200 g/mol. The molecule has 1 aliphatic rings. The third kappa shape index (κ3) is 1.45. The van der Waals surface area contributed by atoms with Crippen LogP contribution < -0.4 is 5.32 Å². The van der Waals surface area contributed by atoms with Crippen LogP contribution in [0.15, 0.2) is 18.2 Å². The molecule has 78 valence electrons. The van der Waals surface area contributed by atoms with Gasteiger partial charge in [-0.3, -0.25) is 0 Å². The highest BCUT2D eigenvalue weighted by Gasteiger charge is 2.13. The number of fused-ring (bicyclic) bond motifs is 3. The van der Waals surface area contributed by atoms with Gasteiger partial charge in [-0.15, -0.1) is 0 Å². The van der Waals surface area contributed by atoms with Crippen molar-refractivity contribution >= 4 is 10.9 Å². The molecule has 2 heterocycles. The van der Waals surface area contributed by atoms with Crippen molar-refractivity contribution < 1.29 is 0 Å². The Morgan fingerprint density at radius 3 is 2.93 bits per heavy atom. The van der Waals surface area contributed by atoms with Crippen LogP contribution in [0.25, 0.3) is 10.9 Å². The zero-order valence-electron chi connectivity index (χ0n) is 9.06. The number of hydrogen-bond acceptors (Lipinski definition) is 1. The Bertz CT molecular complexity index is 496. The summed E-state index contributed by atoms with van der Waals surface area (Å²) in [6.07, 6.45) is 2.28. The molecule has 0 radical (unpaired) electrons. The Labute approximate surface area is 89.7 Å². The second-order valence-corrected chi connectivity index (χ2v) is 4.38.